The zero-order chi connectivity index (χ0) is 14.3. The fourth-order valence-electron chi connectivity index (χ4n) is 2.25. The summed E-state index contributed by atoms with van der Waals surface area (Å²) in [5, 5.41) is 8.99. The second-order valence-electron chi connectivity index (χ2n) is 4.52. The lowest BCUT2D eigenvalue weighted by Gasteiger charge is -2.10. The number of aromatic amines is 1. The van der Waals surface area contributed by atoms with Crippen LogP contribution in [0.15, 0.2) is 29.5 Å². The summed E-state index contributed by atoms with van der Waals surface area (Å²) in [4.78, 5) is 22.7. The van der Waals surface area contributed by atoms with Crippen LogP contribution in [0.4, 0.5) is 0 Å². The molecule has 0 aliphatic rings. The quantitative estimate of drug-likeness (QED) is 0.723. The van der Waals surface area contributed by atoms with E-state index in [0.29, 0.717) is 11.5 Å². The molecule has 20 heavy (non-hydrogen) atoms. The zero-order valence-electron chi connectivity index (χ0n) is 11.0. The second-order valence-corrected chi connectivity index (χ2v) is 4.52. The Morgan fingerprint density at radius 2 is 2.10 bits per heavy atom. The first kappa shape index (κ1) is 12.1. The number of aryl methyl sites for hydroxylation is 2. The molecular formula is C14H11N5O. The Balaban J connectivity index is 2.33. The third-order valence-corrected chi connectivity index (χ3v) is 3.33. The van der Waals surface area contributed by atoms with Gasteiger partial charge in [0.2, 0.25) is 5.78 Å². The molecule has 0 fully saturated rings. The molecule has 3 heterocycles. The van der Waals surface area contributed by atoms with Crippen molar-refractivity contribution in [1.29, 1.82) is 5.26 Å². The molecule has 0 spiro atoms. The maximum Gasteiger partial charge on any atom is 0.266 e. The Kier molecular flexibility index (Phi) is 2.61. The minimum atomic E-state index is -0.372. The Bertz CT molecular complexity index is 913. The zero-order valence-corrected chi connectivity index (χ0v) is 11.0. The van der Waals surface area contributed by atoms with E-state index in [0.717, 1.165) is 16.8 Å². The standard InChI is InChI=1S/C14H11N5O/c1-8-11(5-10(6-15)13(20)18-8)12-7-17-14-16-3-4-19(14)9(12)2/h3-5,7H,1-2H3,(H,18,20). The van der Waals surface area contributed by atoms with Crippen LogP contribution in [-0.4, -0.2) is 19.4 Å². The SMILES string of the molecule is Cc1[nH]c(=O)c(C#N)cc1-c1cnc2nccn2c1C. The first-order valence-electron chi connectivity index (χ1n) is 6.05. The van der Waals surface area contributed by atoms with Crippen molar-refractivity contribution in [2.24, 2.45) is 0 Å². The molecule has 0 unspecified atom stereocenters. The summed E-state index contributed by atoms with van der Waals surface area (Å²) in [6.45, 7) is 3.75. The molecule has 0 aromatic carbocycles. The van der Waals surface area contributed by atoms with Gasteiger partial charge in [0.1, 0.15) is 11.6 Å². The van der Waals surface area contributed by atoms with E-state index < -0.39 is 0 Å². The number of H-pyrrole nitrogens is 1. The lowest BCUT2D eigenvalue weighted by molar-refractivity contribution is 1.04. The summed E-state index contributed by atoms with van der Waals surface area (Å²) >= 11 is 0. The van der Waals surface area contributed by atoms with Crippen molar-refractivity contribution in [3.63, 3.8) is 0 Å². The number of aromatic nitrogens is 4. The van der Waals surface area contributed by atoms with E-state index >= 15 is 0 Å². The first-order chi connectivity index (χ1) is 9.61. The molecule has 0 bridgehead atoms. The smallest absolute Gasteiger partial charge is 0.266 e. The van der Waals surface area contributed by atoms with Crippen molar-refractivity contribution in [1.82, 2.24) is 19.4 Å². The van der Waals surface area contributed by atoms with Gasteiger partial charge in [-0.3, -0.25) is 9.20 Å². The molecule has 0 saturated heterocycles. The maximum atomic E-state index is 11.6. The van der Waals surface area contributed by atoms with E-state index in [1.54, 1.807) is 25.4 Å². The molecule has 6 nitrogen and oxygen atoms in total. The summed E-state index contributed by atoms with van der Waals surface area (Å²) in [6, 6.07) is 3.50. The van der Waals surface area contributed by atoms with E-state index in [1.165, 1.54) is 0 Å². The summed E-state index contributed by atoms with van der Waals surface area (Å²) < 4.78 is 1.87. The highest BCUT2D eigenvalue weighted by atomic mass is 16.1. The monoisotopic (exact) mass is 265 g/mol. The van der Waals surface area contributed by atoms with Gasteiger partial charge in [0.05, 0.1) is 0 Å². The summed E-state index contributed by atoms with van der Waals surface area (Å²) in [5.41, 5.74) is 3.03. The van der Waals surface area contributed by atoms with Crippen molar-refractivity contribution in [3.8, 4) is 17.2 Å². The van der Waals surface area contributed by atoms with Gasteiger partial charge in [0.15, 0.2) is 0 Å². The largest absolute Gasteiger partial charge is 0.325 e. The Morgan fingerprint density at radius 1 is 1.30 bits per heavy atom. The molecule has 0 saturated carbocycles. The van der Waals surface area contributed by atoms with Crippen LogP contribution in [0.1, 0.15) is 17.0 Å². The van der Waals surface area contributed by atoms with E-state index in [9.17, 15) is 4.79 Å². The molecule has 0 aliphatic carbocycles. The number of nitrogens with one attached hydrogen (secondary N) is 1. The Hall–Kier alpha value is -2.94. The van der Waals surface area contributed by atoms with Gasteiger partial charge in [-0.25, -0.2) is 9.97 Å². The maximum absolute atomic E-state index is 11.6. The molecule has 3 aromatic heterocycles. The van der Waals surface area contributed by atoms with Gasteiger partial charge in [-0.1, -0.05) is 0 Å². The minimum Gasteiger partial charge on any atom is -0.325 e. The van der Waals surface area contributed by atoms with E-state index in [2.05, 4.69) is 15.0 Å². The van der Waals surface area contributed by atoms with Gasteiger partial charge in [-0.2, -0.15) is 5.26 Å². The van der Waals surface area contributed by atoms with Crippen LogP contribution in [0.25, 0.3) is 16.9 Å². The number of hydrogen-bond donors (Lipinski definition) is 1. The predicted molar refractivity (Wildman–Crippen MR) is 73.2 cm³/mol. The molecule has 3 rings (SSSR count). The predicted octanol–water partition coefficient (Wildman–Crippen LogP) is 1.57. The number of hydrogen-bond acceptors (Lipinski definition) is 4. The fourth-order valence-corrected chi connectivity index (χ4v) is 2.25. The Morgan fingerprint density at radius 3 is 2.85 bits per heavy atom. The lowest BCUT2D eigenvalue weighted by atomic mass is 10.0. The highest BCUT2D eigenvalue weighted by molar-refractivity contribution is 5.69. The number of nitriles is 1. The average Bonchev–Trinajstić information content (AvgIpc) is 2.89. The van der Waals surface area contributed by atoms with E-state index in [4.69, 9.17) is 5.26 Å². The van der Waals surface area contributed by atoms with Crippen molar-refractivity contribution in [2.75, 3.05) is 0 Å². The van der Waals surface area contributed by atoms with Crippen molar-refractivity contribution in [3.05, 3.63) is 52.0 Å². The second kappa shape index (κ2) is 4.31. The molecular weight excluding hydrogens is 254 g/mol. The van der Waals surface area contributed by atoms with Gasteiger partial charge in [-0.05, 0) is 19.9 Å². The van der Waals surface area contributed by atoms with Gasteiger partial charge < -0.3 is 4.98 Å². The van der Waals surface area contributed by atoms with Crippen LogP contribution < -0.4 is 5.56 Å². The molecule has 0 atom stereocenters. The Labute approximate surface area is 114 Å². The third kappa shape index (κ3) is 1.68. The fraction of sp³-hybridized carbons (Fsp3) is 0.143. The molecule has 6 heteroatoms. The minimum absolute atomic E-state index is 0.0933. The first-order valence-corrected chi connectivity index (χ1v) is 6.05. The third-order valence-electron chi connectivity index (χ3n) is 3.33. The summed E-state index contributed by atoms with van der Waals surface area (Å²) in [6.07, 6.45) is 5.21. The van der Waals surface area contributed by atoms with Crippen LogP contribution in [0, 0.1) is 25.2 Å². The molecule has 0 amide bonds. The van der Waals surface area contributed by atoms with Gasteiger partial charge in [-0.15, -0.1) is 0 Å². The van der Waals surface area contributed by atoms with Crippen molar-refractivity contribution < 1.29 is 0 Å². The van der Waals surface area contributed by atoms with Gasteiger partial charge in [0.25, 0.3) is 5.56 Å². The van der Waals surface area contributed by atoms with E-state index in [-0.39, 0.29) is 11.1 Å². The molecule has 98 valence electrons. The molecule has 3 aromatic rings. The lowest BCUT2D eigenvalue weighted by Crippen LogP contribution is -2.12. The molecule has 0 aliphatic heterocycles. The van der Waals surface area contributed by atoms with Crippen LogP contribution in [0.5, 0.6) is 0 Å². The number of pyridine rings is 1. The number of fused-ring (bicyclic) bond motifs is 1. The summed E-state index contributed by atoms with van der Waals surface area (Å²) in [7, 11) is 0. The molecule has 0 radical (unpaired) electrons. The summed E-state index contributed by atoms with van der Waals surface area (Å²) in [5.74, 6) is 0.619. The van der Waals surface area contributed by atoms with Crippen molar-refractivity contribution >= 4 is 5.78 Å². The molecule has 1 N–H and O–H groups in total. The van der Waals surface area contributed by atoms with Gasteiger partial charge in [0, 0.05) is 41.1 Å². The highest BCUT2D eigenvalue weighted by Crippen LogP contribution is 2.25. The van der Waals surface area contributed by atoms with Crippen LogP contribution in [-0.2, 0) is 0 Å². The van der Waals surface area contributed by atoms with Crippen LogP contribution in [0.2, 0.25) is 0 Å². The van der Waals surface area contributed by atoms with Crippen LogP contribution in [0.3, 0.4) is 0 Å². The van der Waals surface area contributed by atoms with Gasteiger partial charge >= 0.3 is 0 Å². The number of rotatable bonds is 1. The van der Waals surface area contributed by atoms with Crippen LogP contribution >= 0.6 is 0 Å². The average molecular weight is 265 g/mol. The normalized spacial score (nSPS) is 10.7. The highest BCUT2D eigenvalue weighted by Gasteiger charge is 2.12. The number of nitrogens with zero attached hydrogens (tertiary/aromatic N) is 4. The number of imidazole rings is 1. The topological polar surface area (TPSA) is 86.8 Å². The van der Waals surface area contributed by atoms with Crippen molar-refractivity contribution in [2.45, 2.75) is 13.8 Å². The van der Waals surface area contributed by atoms with E-state index in [1.807, 2.05) is 23.6 Å².